The summed E-state index contributed by atoms with van der Waals surface area (Å²) in [7, 11) is 0. The van der Waals surface area contributed by atoms with Crippen molar-refractivity contribution in [2.45, 2.75) is 13.0 Å². The fourth-order valence-electron chi connectivity index (χ4n) is 2.16. The number of nitrogens with one attached hydrogen (secondary N) is 1. The molecule has 4 nitrogen and oxygen atoms in total. The maximum atomic E-state index is 12.0. The summed E-state index contributed by atoms with van der Waals surface area (Å²) in [6.07, 6.45) is 4.12. The number of hydrogen-bond acceptors (Lipinski definition) is 2. The molecule has 0 spiro atoms. The van der Waals surface area contributed by atoms with Gasteiger partial charge in [-0.1, -0.05) is 34.1 Å². The Kier molecular flexibility index (Phi) is 4.01. The quantitative estimate of drug-likeness (QED) is 0.791. The van der Waals surface area contributed by atoms with Gasteiger partial charge in [0.2, 0.25) is 5.91 Å². The van der Waals surface area contributed by atoms with Gasteiger partial charge in [0.25, 0.3) is 0 Å². The third kappa shape index (κ3) is 3.31. The Bertz CT molecular complexity index is 765. The van der Waals surface area contributed by atoms with Gasteiger partial charge in [0.05, 0.1) is 24.7 Å². The predicted molar refractivity (Wildman–Crippen MR) is 84.9 cm³/mol. The molecule has 2 heterocycles. The van der Waals surface area contributed by atoms with Crippen LogP contribution in [-0.2, 0) is 17.8 Å². The number of aromatic nitrogens is 2. The van der Waals surface area contributed by atoms with Gasteiger partial charge in [-0.3, -0.25) is 4.79 Å². The first-order valence-corrected chi connectivity index (χ1v) is 7.44. The molecular weight excluding hydrogens is 330 g/mol. The van der Waals surface area contributed by atoms with E-state index in [2.05, 4.69) is 26.2 Å². The molecule has 3 rings (SSSR count). The molecule has 1 amide bonds. The molecule has 106 valence electrons. The van der Waals surface area contributed by atoms with E-state index in [1.807, 2.05) is 53.1 Å². The average molecular weight is 344 g/mol. The van der Waals surface area contributed by atoms with Crippen molar-refractivity contribution < 1.29 is 4.79 Å². The molecular formula is C16H14BrN3O. The van der Waals surface area contributed by atoms with E-state index in [1.165, 1.54) is 0 Å². The van der Waals surface area contributed by atoms with Gasteiger partial charge < -0.3 is 9.72 Å². The van der Waals surface area contributed by atoms with Crippen LogP contribution in [0, 0.1) is 0 Å². The topological polar surface area (TPSA) is 46.4 Å². The van der Waals surface area contributed by atoms with E-state index in [0.717, 1.165) is 21.4 Å². The van der Waals surface area contributed by atoms with Gasteiger partial charge in [0.15, 0.2) is 0 Å². The Morgan fingerprint density at radius 3 is 2.81 bits per heavy atom. The number of fused-ring (bicyclic) bond motifs is 1. The second-order valence-corrected chi connectivity index (χ2v) is 5.67. The van der Waals surface area contributed by atoms with E-state index in [9.17, 15) is 4.79 Å². The molecule has 0 radical (unpaired) electrons. The normalized spacial score (nSPS) is 10.7. The fourth-order valence-corrected chi connectivity index (χ4v) is 2.42. The maximum absolute atomic E-state index is 12.0. The molecule has 0 saturated carbocycles. The summed E-state index contributed by atoms with van der Waals surface area (Å²) in [5.74, 6) is 0.819. The zero-order valence-corrected chi connectivity index (χ0v) is 12.9. The molecule has 1 N–H and O–H groups in total. The number of halogens is 1. The highest BCUT2D eigenvalue weighted by atomic mass is 79.9. The Morgan fingerprint density at radius 1 is 1.19 bits per heavy atom. The smallest absolute Gasteiger partial charge is 0.224 e. The second kappa shape index (κ2) is 6.10. The van der Waals surface area contributed by atoms with Gasteiger partial charge in [-0.15, -0.1) is 0 Å². The molecule has 0 saturated heterocycles. The van der Waals surface area contributed by atoms with Crippen molar-refractivity contribution in [1.82, 2.24) is 14.7 Å². The highest BCUT2D eigenvalue weighted by Crippen LogP contribution is 2.11. The number of rotatable bonds is 4. The molecule has 0 aliphatic rings. The van der Waals surface area contributed by atoms with E-state index >= 15 is 0 Å². The van der Waals surface area contributed by atoms with E-state index in [-0.39, 0.29) is 5.91 Å². The lowest BCUT2D eigenvalue weighted by Gasteiger charge is -2.05. The summed E-state index contributed by atoms with van der Waals surface area (Å²) in [6, 6.07) is 13.6. The van der Waals surface area contributed by atoms with Gasteiger partial charge in [-0.25, -0.2) is 4.98 Å². The highest BCUT2D eigenvalue weighted by Gasteiger charge is 2.06. The third-order valence-corrected chi connectivity index (χ3v) is 3.77. The van der Waals surface area contributed by atoms with Crippen LogP contribution < -0.4 is 5.32 Å². The lowest BCUT2D eigenvalue weighted by atomic mass is 10.1. The van der Waals surface area contributed by atoms with Crippen molar-refractivity contribution in [3.05, 3.63) is 70.7 Å². The maximum Gasteiger partial charge on any atom is 0.224 e. The molecule has 0 aliphatic carbocycles. The Labute approximate surface area is 131 Å². The van der Waals surface area contributed by atoms with Crippen LogP contribution in [0.1, 0.15) is 11.4 Å². The van der Waals surface area contributed by atoms with Crippen LogP contribution in [0.25, 0.3) is 5.52 Å². The summed E-state index contributed by atoms with van der Waals surface area (Å²) in [5, 5.41) is 2.91. The number of nitrogens with zero attached hydrogens (tertiary/aromatic N) is 2. The monoisotopic (exact) mass is 343 g/mol. The van der Waals surface area contributed by atoms with Crippen LogP contribution in [0.2, 0.25) is 0 Å². The van der Waals surface area contributed by atoms with E-state index in [1.54, 1.807) is 6.20 Å². The van der Waals surface area contributed by atoms with Crippen LogP contribution in [-0.4, -0.2) is 15.3 Å². The first-order chi connectivity index (χ1) is 10.2. The summed E-state index contributed by atoms with van der Waals surface area (Å²) < 4.78 is 2.98. The summed E-state index contributed by atoms with van der Waals surface area (Å²) in [6.45, 7) is 0.424. The Hall–Kier alpha value is -2.14. The van der Waals surface area contributed by atoms with Crippen LogP contribution in [0.15, 0.2) is 59.3 Å². The van der Waals surface area contributed by atoms with E-state index in [0.29, 0.717) is 13.0 Å². The molecule has 0 bridgehead atoms. The predicted octanol–water partition coefficient (Wildman–Crippen LogP) is 2.96. The number of amides is 1. The van der Waals surface area contributed by atoms with Crippen molar-refractivity contribution in [3.8, 4) is 0 Å². The summed E-state index contributed by atoms with van der Waals surface area (Å²) >= 11 is 3.38. The third-order valence-electron chi connectivity index (χ3n) is 3.24. The largest absolute Gasteiger partial charge is 0.349 e. The molecule has 0 fully saturated rings. The van der Waals surface area contributed by atoms with Crippen molar-refractivity contribution in [3.63, 3.8) is 0 Å². The molecule has 3 aromatic rings. The van der Waals surface area contributed by atoms with Crippen LogP contribution in [0.5, 0.6) is 0 Å². The molecule has 1 aromatic carbocycles. The minimum absolute atomic E-state index is 0.00926. The first-order valence-electron chi connectivity index (χ1n) is 6.64. The minimum Gasteiger partial charge on any atom is -0.349 e. The lowest BCUT2D eigenvalue weighted by Crippen LogP contribution is -2.25. The molecule has 0 atom stereocenters. The van der Waals surface area contributed by atoms with Crippen LogP contribution in [0.3, 0.4) is 0 Å². The van der Waals surface area contributed by atoms with Crippen molar-refractivity contribution in [1.29, 1.82) is 0 Å². The van der Waals surface area contributed by atoms with Crippen molar-refractivity contribution >= 4 is 27.4 Å². The number of pyridine rings is 1. The molecule has 2 aromatic heterocycles. The fraction of sp³-hybridized carbons (Fsp3) is 0.125. The standard InChI is InChI=1S/C16H14BrN3O/c17-13-6-4-12(5-7-13)9-16(21)19-11-15-18-10-14-3-1-2-8-20(14)15/h1-8,10H,9,11H2,(H,19,21). The number of carbonyl (C=O) groups excluding carboxylic acids is 1. The highest BCUT2D eigenvalue weighted by molar-refractivity contribution is 9.10. The second-order valence-electron chi connectivity index (χ2n) is 4.75. The zero-order chi connectivity index (χ0) is 14.7. The molecule has 0 unspecified atom stereocenters. The average Bonchev–Trinajstić information content (AvgIpc) is 2.91. The minimum atomic E-state index is -0.00926. The lowest BCUT2D eigenvalue weighted by molar-refractivity contribution is -0.120. The van der Waals surface area contributed by atoms with Gasteiger partial charge >= 0.3 is 0 Å². The Balaban J connectivity index is 1.62. The summed E-state index contributed by atoms with van der Waals surface area (Å²) in [4.78, 5) is 16.3. The van der Waals surface area contributed by atoms with Crippen LogP contribution in [0.4, 0.5) is 0 Å². The first kappa shape index (κ1) is 13.8. The van der Waals surface area contributed by atoms with E-state index in [4.69, 9.17) is 0 Å². The van der Waals surface area contributed by atoms with Crippen molar-refractivity contribution in [2.24, 2.45) is 0 Å². The zero-order valence-electron chi connectivity index (χ0n) is 11.3. The SMILES string of the molecule is O=C(Cc1ccc(Br)cc1)NCc1ncc2ccccn12. The summed E-state index contributed by atoms with van der Waals surface area (Å²) in [5.41, 5.74) is 2.01. The van der Waals surface area contributed by atoms with E-state index < -0.39 is 0 Å². The number of benzene rings is 1. The van der Waals surface area contributed by atoms with Crippen LogP contribution >= 0.6 is 15.9 Å². The Morgan fingerprint density at radius 2 is 2.00 bits per heavy atom. The van der Waals surface area contributed by atoms with Gasteiger partial charge in [-0.05, 0) is 29.8 Å². The number of imidazole rings is 1. The van der Waals surface area contributed by atoms with Crippen molar-refractivity contribution in [2.75, 3.05) is 0 Å². The van der Waals surface area contributed by atoms with Gasteiger partial charge in [0.1, 0.15) is 5.82 Å². The van der Waals surface area contributed by atoms with Gasteiger partial charge in [-0.2, -0.15) is 0 Å². The molecule has 0 aliphatic heterocycles. The number of carbonyl (C=O) groups is 1. The molecule has 5 heteroatoms. The van der Waals surface area contributed by atoms with Gasteiger partial charge in [0, 0.05) is 10.7 Å². The number of hydrogen-bond donors (Lipinski definition) is 1. The molecule has 21 heavy (non-hydrogen) atoms.